The van der Waals surface area contributed by atoms with Crippen LogP contribution in [0.2, 0.25) is 0 Å². The van der Waals surface area contributed by atoms with E-state index in [-0.39, 0.29) is 12.1 Å². The Morgan fingerprint density at radius 2 is 2.05 bits per heavy atom. The molecule has 7 heteroatoms. The quantitative estimate of drug-likeness (QED) is 0.906. The number of nitrogens with zero attached hydrogens (tertiary/aromatic N) is 1. The van der Waals surface area contributed by atoms with Crippen molar-refractivity contribution < 1.29 is 18.0 Å². The maximum Gasteiger partial charge on any atom is 0.416 e. The smallest absolute Gasteiger partial charge is 0.348 e. The fourth-order valence-corrected chi connectivity index (χ4v) is 2.08. The average molecular weight is 359 g/mol. The number of pyridine rings is 1. The van der Waals surface area contributed by atoms with E-state index >= 15 is 0 Å². The van der Waals surface area contributed by atoms with Crippen molar-refractivity contribution in [1.82, 2.24) is 10.3 Å². The van der Waals surface area contributed by atoms with Gasteiger partial charge in [0.05, 0.1) is 11.1 Å². The molecule has 3 nitrogen and oxygen atoms in total. The monoisotopic (exact) mass is 358 g/mol. The van der Waals surface area contributed by atoms with Gasteiger partial charge in [0.2, 0.25) is 0 Å². The Balaban J connectivity index is 2.15. The van der Waals surface area contributed by atoms with E-state index in [1.165, 1.54) is 6.07 Å². The molecule has 1 amide bonds. The van der Waals surface area contributed by atoms with Gasteiger partial charge in [0.1, 0.15) is 0 Å². The molecule has 0 aliphatic heterocycles. The van der Waals surface area contributed by atoms with Gasteiger partial charge in [-0.15, -0.1) is 0 Å². The Bertz CT molecular complexity index is 644. The van der Waals surface area contributed by atoms with E-state index in [2.05, 4.69) is 26.2 Å². The second kappa shape index (κ2) is 6.26. The zero-order valence-corrected chi connectivity index (χ0v) is 12.2. The third kappa shape index (κ3) is 4.04. The summed E-state index contributed by atoms with van der Waals surface area (Å²) in [6.45, 7) is 0.190. The Morgan fingerprint density at radius 3 is 2.67 bits per heavy atom. The van der Waals surface area contributed by atoms with Gasteiger partial charge >= 0.3 is 6.18 Å². The van der Waals surface area contributed by atoms with Crippen molar-refractivity contribution >= 4 is 21.8 Å². The Kier molecular flexibility index (Phi) is 4.62. The largest absolute Gasteiger partial charge is 0.416 e. The maximum atomic E-state index is 12.7. The molecular formula is C14H10BrF3N2O. The standard InChI is InChI=1S/C14H10BrF3N2O/c15-12-4-3-10(14(16,17)18)6-11(12)13(21)20-8-9-2-1-5-19-7-9/h1-7H,8H2,(H,20,21). The molecule has 0 aliphatic rings. The molecule has 1 heterocycles. The number of alkyl halides is 3. The Morgan fingerprint density at radius 1 is 1.29 bits per heavy atom. The van der Waals surface area contributed by atoms with E-state index in [1.807, 2.05) is 0 Å². The summed E-state index contributed by atoms with van der Waals surface area (Å²) < 4.78 is 38.3. The summed E-state index contributed by atoms with van der Waals surface area (Å²) in [7, 11) is 0. The molecule has 0 unspecified atom stereocenters. The third-order valence-electron chi connectivity index (χ3n) is 2.71. The second-order valence-electron chi connectivity index (χ2n) is 4.24. The van der Waals surface area contributed by atoms with E-state index in [0.29, 0.717) is 4.47 Å². The molecular weight excluding hydrogens is 349 g/mol. The molecule has 0 aliphatic carbocycles. The number of aromatic nitrogens is 1. The van der Waals surface area contributed by atoms with E-state index in [9.17, 15) is 18.0 Å². The molecule has 0 bridgehead atoms. The van der Waals surface area contributed by atoms with Gasteiger partial charge in [0, 0.05) is 23.4 Å². The SMILES string of the molecule is O=C(NCc1cccnc1)c1cc(C(F)(F)F)ccc1Br. The first-order chi connectivity index (χ1) is 9.88. The van der Waals surface area contributed by atoms with Crippen molar-refractivity contribution in [3.63, 3.8) is 0 Å². The number of hydrogen-bond donors (Lipinski definition) is 1. The van der Waals surface area contributed by atoms with E-state index in [4.69, 9.17) is 0 Å². The van der Waals surface area contributed by atoms with Crippen LogP contribution in [-0.2, 0) is 12.7 Å². The van der Waals surface area contributed by atoms with Crippen LogP contribution in [0.5, 0.6) is 0 Å². The number of nitrogens with one attached hydrogen (secondary N) is 1. The van der Waals surface area contributed by atoms with Crippen molar-refractivity contribution in [3.05, 3.63) is 63.9 Å². The summed E-state index contributed by atoms with van der Waals surface area (Å²) in [6.07, 6.45) is -1.32. The summed E-state index contributed by atoms with van der Waals surface area (Å²) in [5.41, 5.74) is -0.167. The number of halogens is 4. The molecule has 0 fully saturated rings. The normalized spacial score (nSPS) is 11.2. The van der Waals surface area contributed by atoms with Crippen molar-refractivity contribution in [2.45, 2.75) is 12.7 Å². The molecule has 0 atom stereocenters. The first-order valence-corrected chi connectivity index (χ1v) is 6.71. The summed E-state index contributed by atoms with van der Waals surface area (Å²) in [5, 5.41) is 2.56. The third-order valence-corrected chi connectivity index (χ3v) is 3.41. The lowest BCUT2D eigenvalue weighted by Gasteiger charge is -2.11. The summed E-state index contributed by atoms with van der Waals surface area (Å²) in [4.78, 5) is 15.9. The molecule has 2 rings (SSSR count). The van der Waals surface area contributed by atoms with E-state index < -0.39 is 17.6 Å². The highest BCUT2D eigenvalue weighted by atomic mass is 79.9. The van der Waals surface area contributed by atoms with Gasteiger partial charge in [0.25, 0.3) is 5.91 Å². The van der Waals surface area contributed by atoms with Gasteiger partial charge < -0.3 is 5.32 Å². The predicted octanol–water partition coefficient (Wildman–Crippen LogP) is 3.79. The lowest BCUT2D eigenvalue weighted by atomic mass is 10.1. The fourth-order valence-electron chi connectivity index (χ4n) is 1.66. The van der Waals surface area contributed by atoms with Crippen molar-refractivity contribution in [3.8, 4) is 0 Å². The lowest BCUT2D eigenvalue weighted by molar-refractivity contribution is -0.137. The molecule has 0 radical (unpaired) electrons. The zero-order chi connectivity index (χ0) is 15.5. The van der Waals surface area contributed by atoms with Crippen LogP contribution in [0, 0.1) is 0 Å². The first-order valence-electron chi connectivity index (χ1n) is 5.92. The van der Waals surface area contributed by atoms with Crippen molar-refractivity contribution in [2.75, 3.05) is 0 Å². The minimum Gasteiger partial charge on any atom is -0.348 e. The molecule has 2 aromatic rings. The van der Waals surface area contributed by atoms with Crippen LogP contribution < -0.4 is 5.32 Å². The summed E-state index contributed by atoms with van der Waals surface area (Å²) in [6, 6.07) is 6.42. The predicted molar refractivity (Wildman–Crippen MR) is 74.6 cm³/mol. The van der Waals surface area contributed by atoms with Gasteiger partial charge in [-0.3, -0.25) is 9.78 Å². The second-order valence-corrected chi connectivity index (χ2v) is 5.09. The van der Waals surface area contributed by atoms with Crippen molar-refractivity contribution in [2.24, 2.45) is 0 Å². The molecule has 1 aromatic carbocycles. The fraction of sp³-hybridized carbons (Fsp3) is 0.143. The highest BCUT2D eigenvalue weighted by Crippen LogP contribution is 2.31. The molecule has 21 heavy (non-hydrogen) atoms. The Hall–Kier alpha value is -1.89. The first kappa shape index (κ1) is 15.5. The minimum atomic E-state index is -4.49. The number of carbonyl (C=O) groups is 1. The topological polar surface area (TPSA) is 42.0 Å². The number of carbonyl (C=O) groups excluding carboxylic acids is 1. The van der Waals surface area contributed by atoms with Crippen LogP contribution in [0.3, 0.4) is 0 Å². The zero-order valence-electron chi connectivity index (χ0n) is 10.6. The van der Waals surface area contributed by atoms with Gasteiger partial charge in [-0.05, 0) is 45.8 Å². The molecule has 110 valence electrons. The lowest BCUT2D eigenvalue weighted by Crippen LogP contribution is -2.23. The summed E-state index contributed by atoms with van der Waals surface area (Å²) in [5.74, 6) is -0.586. The number of hydrogen-bond acceptors (Lipinski definition) is 2. The average Bonchev–Trinajstić information content (AvgIpc) is 2.45. The molecule has 0 saturated carbocycles. The highest BCUT2D eigenvalue weighted by Gasteiger charge is 2.31. The van der Waals surface area contributed by atoms with Crippen LogP contribution in [0.15, 0.2) is 47.2 Å². The molecule has 1 N–H and O–H groups in total. The molecule has 1 aromatic heterocycles. The van der Waals surface area contributed by atoms with Gasteiger partial charge in [-0.2, -0.15) is 13.2 Å². The molecule has 0 saturated heterocycles. The van der Waals surface area contributed by atoms with Crippen LogP contribution in [0.25, 0.3) is 0 Å². The van der Waals surface area contributed by atoms with Crippen LogP contribution >= 0.6 is 15.9 Å². The Labute approximate surface area is 127 Å². The summed E-state index contributed by atoms with van der Waals surface area (Å²) >= 11 is 3.08. The van der Waals surface area contributed by atoms with Crippen molar-refractivity contribution in [1.29, 1.82) is 0 Å². The number of benzene rings is 1. The van der Waals surface area contributed by atoms with E-state index in [0.717, 1.165) is 17.7 Å². The number of amides is 1. The van der Waals surface area contributed by atoms with Crippen LogP contribution in [-0.4, -0.2) is 10.9 Å². The number of rotatable bonds is 3. The highest BCUT2D eigenvalue weighted by molar-refractivity contribution is 9.10. The maximum absolute atomic E-state index is 12.7. The minimum absolute atomic E-state index is 0.0614. The van der Waals surface area contributed by atoms with Gasteiger partial charge in [-0.25, -0.2) is 0 Å². The van der Waals surface area contributed by atoms with Crippen LogP contribution in [0.1, 0.15) is 21.5 Å². The van der Waals surface area contributed by atoms with Gasteiger partial charge in [-0.1, -0.05) is 6.07 Å². The van der Waals surface area contributed by atoms with E-state index in [1.54, 1.807) is 24.5 Å². The van der Waals surface area contributed by atoms with Gasteiger partial charge in [0.15, 0.2) is 0 Å². The van der Waals surface area contributed by atoms with Crippen LogP contribution in [0.4, 0.5) is 13.2 Å². The molecule has 0 spiro atoms.